The molecule has 0 unspecified atom stereocenters. The Labute approximate surface area is 183 Å². The maximum absolute atomic E-state index is 13.5. The van der Waals surface area contributed by atoms with E-state index in [1.54, 1.807) is 4.90 Å². The summed E-state index contributed by atoms with van der Waals surface area (Å²) in [6.07, 6.45) is 0. The second-order valence-corrected chi connectivity index (χ2v) is 9.03. The predicted octanol–water partition coefficient (Wildman–Crippen LogP) is 4.07. The zero-order valence-electron chi connectivity index (χ0n) is 18.8. The number of benzene rings is 2. The van der Waals surface area contributed by atoms with Gasteiger partial charge in [-0.3, -0.25) is 9.59 Å². The molecule has 6 nitrogen and oxygen atoms in total. The zero-order valence-corrected chi connectivity index (χ0v) is 18.8. The molecule has 3 aromatic rings. The average molecular weight is 419 g/mol. The van der Waals surface area contributed by atoms with E-state index in [0.717, 1.165) is 22.4 Å². The topological polar surface area (TPSA) is 67.2 Å². The van der Waals surface area contributed by atoms with Crippen molar-refractivity contribution in [2.45, 2.75) is 46.3 Å². The van der Waals surface area contributed by atoms with Crippen molar-refractivity contribution in [3.63, 3.8) is 0 Å². The van der Waals surface area contributed by atoms with Crippen LogP contribution in [0.3, 0.4) is 0 Å². The first-order valence-corrected chi connectivity index (χ1v) is 10.9. The van der Waals surface area contributed by atoms with Crippen LogP contribution in [0.15, 0.2) is 48.5 Å². The molecule has 2 atom stereocenters. The summed E-state index contributed by atoms with van der Waals surface area (Å²) in [7, 11) is 1.98. The van der Waals surface area contributed by atoms with Crippen molar-refractivity contribution >= 4 is 22.8 Å². The van der Waals surface area contributed by atoms with Crippen molar-refractivity contribution in [1.82, 2.24) is 19.8 Å². The number of rotatable bonds is 6. The molecule has 0 fully saturated rings. The number of imidazole rings is 1. The molecule has 2 amide bonds. The third-order valence-electron chi connectivity index (χ3n) is 6.15. The van der Waals surface area contributed by atoms with Gasteiger partial charge in [0.1, 0.15) is 11.9 Å². The van der Waals surface area contributed by atoms with Gasteiger partial charge in [0.25, 0.3) is 5.91 Å². The third kappa shape index (κ3) is 3.71. The van der Waals surface area contributed by atoms with Crippen LogP contribution in [-0.2, 0) is 18.4 Å². The van der Waals surface area contributed by atoms with E-state index >= 15 is 0 Å². The minimum absolute atomic E-state index is 0.0217. The van der Waals surface area contributed by atoms with Gasteiger partial charge < -0.3 is 14.8 Å². The maximum Gasteiger partial charge on any atom is 0.255 e. The van der Waals surface area contributed by atoms with Crippen LogP contribution in [0.1, 0.15) is 55.5 Å². The maximum atomic E-state index is 13.5. The Morgan fingerprint density at radius 1 is 1.00 bits per heavy atom. The SMILES string of the molecule is CC(C)[C@H](NC(=O)[C@@H](C(C)C)N1Cc2ccccc2C1=O)c1nc2ccccc2n1C. The number of carbonyl (C=O) groups is 2. The van der Waals surface area contributed by atoms with Gasteiger partial charge in [0.2, 0.25) is 5.91 Å². The Balaban J connectivity index is 1.63. The zero-order chi connectivity index (χ0) is 22.3. The lowest BCUT2D eigenvalue weighted by molar-refractivity contribution is -0.128. The number of fused-ring (bicyclic) bond motifs is 2. The number of para-hydroxylation sites is 2. The van der Waals surface area contributed by atoms with Gasteiger partial charge in [-0.1, -0.05) is 58.0 Å². The van der Waals surface area contributed by atoms with Crippen molar-refractivity contribution < 1.29 is 9.59 Å². The molecular formula is C25H30N4O2. The number of aromatic nitrogens is 2. The molecule has 0 spiro atoms. The van der Waals surface area contributed by atoms with Crippen LogP contribution in [0, 0.1) is 11.8 Å². The lowest BCUT2D eigenvalue weighted by Gasteiger charge is -2.32. The number of aryl methyl sites for hydroxylation is 1. The van der Waals surface area contributed by atoms with Gasteiger partial charge in [0.15, 0.2) is 0 Å². The molecule has 2 heterocycles. The highest BCUT2D eigenvalue weighted by Gasteiger charge is 2.39. The smallest absolute Gasteiger partial charge is 0.255 e. The van der Waals surface area contributed by atoms with E-state index in [1.807, 2.05) is 74.0 Å². The highest BCUT2D eigenvalue weighted by Crippen LogP contribution is 2.29. The molecule has 2 aromatic carbocycles. The van der Waals surface area contributed by atoms with E-state index in [0.29, 0.717) is 12.1 Å². The fourth-order valence-corrected chi connectivity index (χ4v) is 4.52. The third-order valence-corrected chi connectivity index (χ3v) is 6.15. The largest absolute Gasteiger partial charge is 0.344 e. The number of carbonyl (C=O) groups excluding carboxylic acids is 2. The number of amides is 2. The van der Waals surface area contributed by atoms with Gasteiger partial charge in [-0.15, -0.1) is 0 Å². The van der Waals surface area contributed by atoms with Crippen LogP contribution in [0.25, 0.3) is 11.0 Å². The Kier molecular flexibility index (Phi) is 5.56. The van der Waals surface area contributed by atoms with Gasteiger partial charge in [0, 0.05) is 19.2 Å². The van der Waals surface area contributed by atoms with E-state index in [2.05, 4.69) is 19.2 Å². The van der Waals surface area contributed by atoms with E-state index in [4.69, 9.17) is 4.98 Å². The average Bonchev–Trinajstić information content (AvgIpc) is 3.24. The molecule has 1 aliphatic rings. The molecule has 6 heteroatoms. The highest BCUT2D eigenvalue weighted by molar-refractivity contribution is 6.01. The summed E-state index contributed by atoms with van der Waals surface area (Å²) in [5.74, 6) is 0.726. The fraction of sp³-hybridized carbons (Fsp3) is 0.400. The summed E-state index contributed by atoms with van der Waals surface area (Å²) >= 11 is 0. The number of hydrogen-bond donors (Lipinski definition) is 1. The van der Waals surface area contributed by atoms with Crippen LogP contribution in [-0.4, -0.2) is 32.3 Å². The second-order valence-electron chi connectivity index (χ2n) is 9.03. The first kappa shape index (κ1) is 21.1. The molecule has 1 aromatic heterocycles. The molecule has 31 heavy (non-hydrogen) atoms. The van der Waals surface area contributed by atoms with Crippen molar-refractivity contribution in [3.05, 3.63) is 65.5 Å². The standard InChI is InChI=1S/C25H30N4O2/c1-15(2)21(23-26-19-12-8-9-13-20(19)28(23)5)27-24(30)22(16(3)4)29-14-17-10-6-7-11-18(17)25(29)31/h6-13,15-16,21-22H,14H2,1-5H3,(H,27,30)/t21-,22+/m0/s1. The summed E-state index contributed by atoms with van der Waals surface area (Å²) in [6.45, 7) is 8.58. The fourth-order valence-electron chi connectivity index (χ4n) is 4.52. The van der Waals surface area contributed by atoms with Crippen molar-refractivity contribution in [2.24, 2.45) is 18.9 Å². The second kappa shape index (κ2) is 8.17. The number of hydrogen-bond acceptors (Lipinski definition) is 3. The van der Waals surface area contributed by atoms with Gasteiger partial charge >= 0.3 is 0 Å². The lowest BCUT2D eigenvalue weighted by Crippen LogP contribution is -2.51. The van der Waals surface area contributed by atoms with Crippen LogP contribution in [0.5, 0.6) is 0 Å². The molecule has 0 radical (unpaired) electrons. The quantitative estimate of drug-likeness (QED) is 0.656. The summed E-state index contributed by atoms with van der Waals surface area (Å²) in [6, 6.07) is 14.8. The summed E-state index contributed by atoms with van der Waals surface area (Å²) < 4.78 is 2.04. The first-order chi connectivity index (χ1) is 14.8. The van der Waals surface area contributed by atoms with Crippen LogP contribution in [0.2, 0.25) is 0 Å². The molecule has 162 valence electrons. The molecule has 0 saturated heterocycles. The van der Waals surface area contributed by atoms with Crippen LogP contribution >= 0.6 is 0 Å². The van der Waals surface area contributed by atoms with E-state index in [-0.39, 0.29) is 29.7 Å². The number of nitrogens with zero attached hydrogens (tertiary/aromatic N) is 3. The van der Waals surface area contributed by atoms with Gasteiger partial charge in [-0.2, -0.15) is 0 Å². The van der Waals surface area contributed by atoms with Crippen molar-refractivity contribution in [1.29, 1.82) is 0 Å². The summed E-state index contributed by atoms with van der Waals surface area (Å²) in [4.78, 5) is 33.1. The van der Waals surface area contributed by atoms with Gasteiger partial charge in [-0.25, -0.2) is 4.98 Å². The van der Waals surface area contributed by atoms with Crippen molar-refractivity contribution in [2.75, 3.05) is 0 Å². The summed E-state index contributed by atoms with van der Waals surface area (Å²) in [5, 5.41) is 3.22. The van der Waals surface area contributed by atoms with E-state index in [9.17, 15) is 9.59 Å². The summed E-state index contributed by atoms with van der Waals surface area (Å²) in [5.41, 5.74) is 3.60. The van der Waals surface area contributed by atoms with E-state index < -0.39 is 6.04 Å². The van der Waals surface area contributed by atoms with E-state index in [1.165, 1.54) is 0 Å². The molecule has 1 aliphatic heterocycles. The number of nitrogens with one attached hydrogen (secondary N) is 1. The Hall–Kier alpha value is -3.15. The molecular weight excluding hydrogens is 388 g/mol. The monoisotopic (exact) mass is 418 g/mol. The normalized spacial score (nSPS) is 15.6. The van der Waals surface area contributed by atoms with Gasteiger partial charge in [-0.05, 0) is 35.6 Å². The minimum atomic E-state index is -0.546. The first-order valence-electron chi connectivity index (χ1n) is 10.9. The molecule has 1 N–H and O–H groups in total. The van der Waals surface area contributed by atoms with Gasteiger partial charge in [0.05, 0.1) is 17.1 Å². The van der Waals surface area contributed by atoms with Crippen LogP contribution in [0.4, 0.5) is 0 Å². The Morgan fingerprint density at radius 3 is 2.32 bits per heavy atom. The lowest BCUT2D eigenvalue weighted by atomic mass is 9.98. The predicted molar refractivity (Wildman–Crippen MR) is 121 cm³/mol. The highest BCUT2D eigenvalue weighted by atomic mass is 16.2. The molecule has 4 rings (SSSR count). The minimum Gasteiger partial charge on any atom is -0.344 e. The van der Waals surface area contributed by atoms with Crippen LogP contribution < -0.4 is 5.32 Å². The Bertz CT molecular complexity index is 1130. The molecule has 0 aliphatic carbocycles. The molecule has 0 bridgehead atoms. The van der Waals surface area contributed by atoms with Crippen molar-refractivity contribution in [3.8, 4) is 0 Å². The Morgan fingerprint density at radius 2 is 1.68 bits per heavy atom. The molecule has 0 saturated carbocycles.